The van der Waals surface area contributed by atoms with Crippen LogP contribution in [-0.4, -0.2) is 85.4 Å². The standard InChI is InChI=1S/C11H19NO9/c1-4(14)12-7-5(15)2-11(20,10(18)19)21-9(7)8(17)6(16)3-13/h5-9,13,15-17,20H,2-3H2,1H3,(H,12,14)(H,18,19)/t5-,6+,7+,8+,9+,11-/m0/s1/i1D3,4+1. The molecule has 0 bridgehead atoms. The van der Waals surface area contributed by atoms with Crippen molar-refractivity contribution in [3.8, 4) is 0 Å². The Bertz CT molecular complexity index is 488. The van der Waals surface area contributed by atoms with E-state index in [-0.39, 0.29) is 0 Å². The van der Waals surface area contributed by atoms with Crippen LogP contribution in [0.4, 0.5) is 0 Å². The molecule has 21 heavy (non-hydrogen) atoms. The van der Waals surface area contributed by atoms with Gasteiger partial charge in [0.15, 0.2) is 0 Å². The summed E-state index contributed by atoms with van der Waals surface area (Å²) in [4.78, 5) is 22.6. The molecule has 1 heterocycles. The van der Waals surface area contributed by atoms with Crippen molar-refractivity contribution in [1.82, 2.24) is 5.32 Å². The fourth-order valence-corrected chi connectivity index (χ4v) is 2.05. The summed E-state index contributed by atoms with van der Waals surface area (Å²) in [6, 6.07) is -1.66. The van der Waals surface area contributed by atoms with E-state index >= 15 is 0 Å². The first-order valence-electron chi connectivity index (χ1n) is 7.43. The van der Waals surface area contributed by atoms with E-state index < -0.39 is 68.0 Å². The number of carbonyl (C=O) groups is 2. The Balaban J connectivity index is 3.13. The zero-order valence-corrected chi connectivity index (χ0v) is 10.7. The number of ether oxygens (including phenoxy) is 1. The third-order valence-electron chi connectivity index (χ3n) is 3.14. The molecular formula is C11H19NO9. The van der Waals surface area contributed by atoms with E-state index in [2.05, 4.69) is 0 Å². The molecule has 1 saturated heterocycles. The maximum Gasteiger partial charge on any atom is 0.364 e. The predicted molar refractivity (Wildman–Crippen MR) is 64.8 cm³/mol. The molecule has 0 aromatic rings. The van der Waals surface area contributed by atoms with Gasteiger partial charge in [0.05, 0.1) is 18.8 Å². The molecule has 0 unspecified atom stereocenters. The number of aliphatic hydroxyl groups excluding tert-OH is 4. The SMILES string of the molecule is [2H]C([2H])([2H])[13C](=O)N[C@H]1[C@H]([C@H](O)[C@H](O)CO)O[C@](O)(C(=O)O)C[C@@H]1O. The number of amides is 1. The third kappa shape index (κ3) is 3.87. The smallest absolute Gasteiger partial charge is 0.364 e. The average molecular weight is 313 g/mol. The molecule has 1 rings (SSSR count). The largest absolute Gasteiger partial charge is 0.477 e. The average Bonchev–Trinajstić information content (AvgIpc) is 2.46. The molecule has 0 aliphatic carbocycles. The summed E-state index contributed by atoms with van der Waals surface area (Å²) in [5, 5.41) is 58.9. The van der Waals surface area contributed by atoms with Gasteiger partial charge < -0.3 is 40.7 Å². The number of rotatable bonds is 5. The summed E-state index contributed by atoms with van der Waals surface area (Å²) in [6.07, 6.45) is -8.59. The number of aliphatic carboxylic acids is 1. The number of hydrogen-bond acceptors (Lipinski definition) is 8. The minimum absolute atomic E-state index is 0.938. The van der Waals surface area contributed by atoms with Crippen molar-refractivity contribution in [3.05, 3.63) is 0 Å². The summed E-state index contributed by atoms with van der Waals surface area (Å²) in [5.41, 5.74) is 0. The van der Waals surface area contributed by atoms with Gasteiger partial charge in [-0.15, -0.1) is 0 Å². The minimum Gasteiger partial charge on any atom is -0.477 e. The zero-order chi connectivity index (χ0) is 18.9. The van der Waals surface area contributed by atoms with E-state index in [0.717, 1.165) is 0 Å². The van der Waals surface area contributed by atoms with Crippen molar-refractivity contribution >= 4 is 11.9 Å². The number of aliphatic hydroxyl groups is 5. The van der Waals surface area contributed by atoms with E-state index in [1.165, 1.54) is 0 Å². The van der Waals surface area contributed by atoms with Gasteiger partial charge in [0.25, 0.3) is 5.79 Å². The number of carbonyl (C=O) groups excluding carboxylic acids is 1. The molecule has 0 aromatic heterocycles. The van der Waals surface area contributed by atoms with Gasteiger partial charge in [-0.25, -0.2) is 4.79 Å². The van der Waals surface area contributed by atoms with Crippen LogP contribution in [0.2, 0.25) is 0 Å². The number of hydrogen-bond donors (Lipinski definition) is 7. The number of carboxylic acids is 1. The van der Waals surface area contributed by atoms with Crippen molar-refractivity contribution in [2.75, 3.05) is 6.61 Å². The van der Waals surface area contributed by atoms with Gasteiger partial charge in [-0.2, -0.15) is 0 Å². The van der Waals surface area contributed by atoms with Crippen molar-refractivity contribution in [3.63, 3.8) is 0 Å². The normalized spacial score (nSPS) is 38.5. The van der Waals surface area contributed by atoms with E-state index in [4.69, 9.17) is 19.1 Å². The van der Waals surface area contributed by atoms with Crippen LogP contribution in [0, 0.1) is 0 Å². The van der Waals surface area contributed by atoms with Crippen molar-refractivity contribution in [1.29, 1.82) is 0 Å². The lowest BCUT2D eigenvalue weighted by Gasteiger charge is -2.44. The zero-order valence-electron chi connectivity index (χ0n) is 13.7. The lowest BCUT2D eigenvalue weighted by Crippen LogP contribution is -2.67. The Morgan fingerprint density at radius 1 is 1.52 bits per heavy atom. The fraction of sp³-hybridized carbons (Fsp3) is 0.818. The van der Waals surface area contributed by atoms with Crippen molar-refractivity contribution in [2.45, 2.75) is 49.5 Å². The highest BCUT2D eigenvalue weighted by Gasteiger charge is 2.53. The first-order chi connectivity index (χ1) is 10.8. The Morgan fingerprint density at radius 2 is 2.14 bits per heavy atom. The maximum absolute atomic E-state index is 11.6. The van der Waals surface area contributed by atoms with E-state index in [1.807, 2.05) is 5.32 Å². The molecule has 7 N–H and O–H groups in total. The van der Waals surface area contributed by atoms with Crippen LogP contribution >= 0.6 is 0 Å². The molecule has 0 radical (unpaired) electrons. The molecule has 1 aliphatic heterocycles. The predicted octanol–water partition coefficient (Wildman–Crippen LogP) is -3.87. The lowest BCUT2D eigenvalue weighted by atomic mass is 9.89. The highest BCUT2D eigenvalue weighted by molar-refractivity contribution is 5.76. The van der Waals surface area contributed by atoms with Crippen LogP contribution in [-0.2, 0) is 14.3 Å². The van der Waals surface area contributed by atoms with Crippen LogP contribution in [0.25, 0.3) is 0 Å². The molecule has 122 valence electrons. The summed E-state index contributed by atoms with van der Waals surface area (Å²) in [5.74, 6) is -6.37. The summed E-state index contributed by atoms with van der Waals surface area (Å²) in [6.45, 7) is -4.09. The minimum atomic E-state index is -3.11. The molecule has 6 atom stereocenters. The highest BCUT2D eigenvalue weighted by atomic mass is 16.7. The molecule has 10 heteroatoms. The quantitative estimate of drug-likeness (QED) is 0.250. The first kappa shape index (κ1) is 13.4. The van der Waals surface area contributed by atoms with Gasteiger partial charge >= 0.3 is 5.97 Å². The molecule has 10 nitrogen and oxygen atoms in total. The van der Waals surface area contributed by atoms with Gasteiger partial charge in [-0.3, -0.25) is 4.79 Å². The molecule has 1 amide bonds. The summed E-state index contributed by atoms with van der Waals surface area (Å²) < 4.78 is 25.7. The van der Waals surface area contributed by atoms with E-state index in [9.17, 15) is 30.0 Å². The van der Waals surface area contributed by atoms with Gasteiger partial charge in [-0.05, 0) is 0 Å². The highest BCUT2D eigenvalue weighted by Crippen LogP contribution is 2.30. The molecular weight excluding hydrogens is 291 g/mol. The Morgan fingerprint density at radius 3 is 2.62 bits per heavy atom. The molecule has 0 aromatic carbocycles. The first-order valence-corrected chi connectivity index (χ1v) is 5.93. The van der Waals surface area contributed by atoms with Gasteiger partial charge in [0.2, 0.25) is 5.91 Å². The van der Waals surface area contributed by atoms with Crippen LogP contribution in [0.15, 0.2) is 0 Å². The molecule has 1 aliphatic rings. The van der Waals surface area contributed by atoms with Crippen molar-refractivity contribution < 1.29 is 49.1 Å². The maximum atomic E-state index is 11.6. The van der Waals surface area contributed by atoms with Crippen LogP contribution < -0.4 is 5.32 Å². The topological polar surface area (TPSA) is 177 Å². The van der Waals surface area contributed by atoms with Crippen molar-refractivity contribution in [2.24, 2.45) is 0 Å². The van der Waals surface area contributed by atoms with E-state index in [1.54, 1.807) is 0 Å². The Labute approximate surface area is 123 Å². The second kappa shape index (κ2) is 6.64. The van der Waals surface area contributed by atoms with Crippen LogP contribution in [0.1, 0.15) is 17.4 Å². The van der Waals surface area contributed by atoms with Crippen LogP contribution in [0.5, 0.6) is 0 Å². The van der Waals surface area contributed by atoms with Gasteiger partial charge in [0.1, 0.15) is 18.3 Å². The molecule has 0 spiro atoms. The second-order valence-corrected chi connectivity index (χ2v) is 4.68. The van der Waals surface area contributed by atoms with Crippen LogP contribution in [0.3, 0.4) is 0 Å². The second-order valence-electron chi connectivity index (χ2n) is 4.68. The molecule has 0 saturated carbocycles. The van der Waals surface area contributed by atoms with Gasteiger partial charge in [-0.1, -0.05) is 0 Å². The Hall–Kier alpha value is -1.30. The Kier molecular flexibility index (Phi) is 4.23. The summed E-state index contributed by atoms with van der Waals surface area (Å²) >= 11 is 0. The van der Waals surface area contributed by atoms with Gasteiger partial charge in [0, 0.05) is 17.4 Å². The fourth-order valence-electron chi connectivity index (χ4n) is 2.05. The van der Waals surface area contributed by atoms with E-state index in [0.29, 0.717) is 0 Å². The number of nitrogens with one attached hydrogen (secondary N) is 1. The molecule has 1 fully saturated rings. The monoisotopic (exact) mass is 313 g/mol. The summed E-state index contributed by atoms with van der Waals surface area (Å²) in [7, 11) is 0. The third-order valence-corrected chi connectivity index (χ3v) is 3.14. The lowest BCUT2D eigenvalue weighted by molar-refractivity contribution is -0.295. The number of carboxylic acid groups (broad SMARTS) is 1.